The van der Waals surface area contributed by atoms with Gasteiger partial charge in [0.1, 0.15) is 10.0 Å². The number of aryl methyl sites for hydroxylation is 2. The molecule has 0 radical (unpaired) electrons. The molecule has 2 aromatic carbocycles. The summed E-state index contributed by atoms with van der Waals surface area (Å²) in [5.74, 6) is 0.0306. The zero-order valence-corrected chi connectivity index (χ0v) is 19.6. The number of carbonyl (C=O) groups is 1. The molecule has 0 spiro atoms. The van der Waals surface area contributed by atoms with E-state index in [4.69, 9.17) is 4.98 Å². The average molecular weight is 448 g/mol. The number of hydrogen-bond acceptors (Lipinski definition) is 5. The third-order valence-corrected chi connectivity index (χ3v) is 8.05. The summed E-state index contributed by atoms with van der Waals surface area (Å²) in [4.78, 5) is 21.6. The highest BCUT2D eigenvalue weighted by Crippen LogP contribution is 2.45. The predicted octanol–water partition coefficient (Wildman–Crippen LogP) is 5.81. The molecule has 0 aliphatic carbocycles. The van der Waals surface area contributed by atoms with Gasteiger partial charge in [0, 0.05) is 23.5 Å². The number of thiazole rings is 1. The maximum atomic E-state index is 13.0. The molecule has 1 amide bonds. The maximum Gasteiger partial charge on any atom is 0.229 e. The van der Waals surface area contributed by atoms with E-state index in [1.54, 1.807) is 22.7 Å². The van der Waals surface area contributed by atoms with Crippen molar-refractivity contribution in [2.45, 2.75) is 33.2 Å². The molecule has 0 unspecified atom stereocenters. The van der Waals surface area contributed by atoms with Crippen LogP contribution >= 0.6 is 22.7 Å². The molecule has 3 heterocycles. The standard InChI is InChI=1S/C25H25N3OS2/c1-15-8-9-16(2)17(12-15)13-22(29)27-25-23(18-10-11-28(3)14-21(18)31-25)24-26-19-6-4-5-7-20(19)30-24/h4-9,12H,10-11,13-14H2,1-3H3,(H,27,29). The van der Waals surface area contributed by atoms with E-state index in [9.17, 15) is 4.79 Å². The van der Waals surface area contributed by atoms with Crippen LogP contribution in [0.5, 0.6) is 0 Å². The van der Waals surface area contributed by atoms with E-state index >= 15 is 0 Å². The molecule has 1 aliphatic rings. The van der Waals surface area contributed by atoms with Gasteiger partial charge in [-0.3, -0.25) is 4.79 Å². The van der Waals surface area contributed by atoms with Gasteiger partial charge in [-0.15, -0.1) is 22.7 Å². The smallest absolute Gasteiger partial charge is 0.229 e. The highest BCUT2D eigenvalue weighted by Gasteiger charge is 2.26. The summed E-state index contributed by atoms with van der Waals surface area (Å²) >= 11 is 3.42. The van der Waals surface area contributed by atoms with Crippen molar-refractivity contribution >= 4 is 43.8 Å². The van der Waals surface area contributed by atoms with Gasteiger partial charge in [-0.25, -0.2) is 4.98 Å². The van der Waals surface area contributed by atoms with Gasteiger partial charge in [-0.05, 0) is 56.1 Å². The molecule has 0 saturated carbocycles. The first-order chi connectivity index (χ1) is 15.0. The van der Waals surface area contributed by atoms with Crippen LogP contribution in [-0.4, -0.2) is 29.4 Å². The van der Waals surface area contributed by atoms with Crippen LogP contribution in [0.3, 0.4) is 0 Å². The lowest BCUT2D eigenvalue weighted by molar-refractivity contribution is -0.115. The van der Waals surface area contributed by atoms with Crippen LogP contribution in [0.25, 0.3) is 20.8 Å². The number of para-hydroxylation sites is 1. The number of nitrogens with zero attached hydrogens (tertiary/aromatic N) is 2. The van der Waals surface area contributed by atoms with Crippen molar-refractivity contribution < 1.29 is 4.79 Å². The van der Waals surface area contributed by atoms with E-state index in [0.29, 0.717) is 6.42 Å². The summed E-state index contributed by atoms with van der Waals surface area (Å²) in [6.07, 6.45) is 1.37. The molecular weight excluding hydrogens is 422 g/mol. The second kappa shape index (κ2) is 8.19. The van der Waals surface area contributed by atoms with Crippen molar-refractivity contribution in [1.29, 1.82) is 0 Å². The van der Waals surface area contributed by atoms with E-state index in [-0.39, 0.29) is 5.91 Å². The van der Waals surface area contributed by atoms with E-state index in [0.717, 1.165) is 51.7 Å². The van der Waals surface area contributed by atoms with Crippen LogP contribution in [-0.2, 0) is 24.2 Å². The number of aromatic nitrogens is 1. The zero-order valence-electron chi connectivity index (χ0n) is 18.0. The fourth-order valence-electron chi connectivity index (χ4n) is 4.16. The van der Waals surface area contributed by atoms with Crippen molar-refractivity contribution in [2.75, 3.05) is 18.9 Å². The number of rotatable bonds is 4. The molecule has 4 aromatic rings. The third-order valence-electron chi connectivity index (χ3n) is 5.86. The van der Waals surface area contributed by atoms with Gasteiger partial charge in [0.2, 0.25) is 5.91 Å². The Hall–Kier alpha value is -2.54. The number of nitrogens with one attached hydrogen (secondary N) is 1. The number of hydrogen-bond donors (Lipinski definition) is 1. The molecule has 0 atom stereocenters. The van der Waals surface area contributed by atoms with Crippen molar-refractivity contribution in [3.63, 3.8) is 0 Å². The second-order valence-electron chi connectivity index (χ2n) is 8.34. The molecular formula is C25H25N3OS2. The van der Waals surface area contributed by atoms with E-state index in [1.165, 1.54) is 20.7 Å². The minimum absolute atomic E-state index is 0.0306. The Morgan fingerprint density at radius 2 is 2.00 bits per heavy atom. The van der Waals surface area contributed by atoms with Crippen LogP contribution < -0.4 is 5.32 Å². The van der Waals surface area contributed by atoms with Gasteiger partial charge in [0.05, 0.1) is 16.6 Å². The number of anilines is 1. The number of amides is 1. The SMILES string of the molecule is Cc1ccc(C)c(CC(=O)Nc2sc3c(c2-c2nc4ccccc4s2)CCN(C)C3)c1. The Balaban J connectivity index is 1.52. The number of thiophene rings is 1. The van der Waals surface area contributed by atoms with Crippen LogP contribution in [0.1, 0.15) is 27.1 Å². The first-order valence-electron chi connectivity index (χ1n) is 10.5. The number of fused-ring (bicyclic) bond motifs is 2. The molecule has 6 heteroatoms. The van der Waals surface area contributed by atoms with Gasteiger partial charge in [0.25, 0.3) is 0 Å². The van der Waals surface area contributed by atoms with E-state index in [1.807, 2.05) is 6.07 Å². The molecule has 4 nitrogen and oxygen atoms in total. The number of likely N-dealkylation sites (N-methyl/N-ethyl adjacent to an activating group) is 1. The van der Waals surface area contributed by atoms with Gasteiger partial charge in [0.15, 0.2) is 0 Å². The fourth-order valence-corrected chi connectivity index (χ4v) is 6.61. The second-order valence-corrected chi connectivity index (χ2v) is 10.5. The van der Waals surface area contributed by atoms with Crippen LogP contribution in [0, 0.1) is 13.8 Å². The highest BCUT2D eigenvalue weighted by atomic mass is 32.1. The lowest BCUT2D eigenvalue weighted by atomic mass is 10.0. The highest BCUT2D eigenvalue weighted by molar-refractivity contribution is 7.22. The summed E-state index contributed by atoms with van der Waals surface area (Å²) in [6, 6.07) is 14.5. The first-order valence-corrected chi connectivity index (χ1v) is 12.2. The Morgan fingerprint density at radius 3 is 2.84 bits per heavy atom. The Kier molecular flexibility index (Phi) is 5.38. The molecule has 0 bridgehead atoms. The quantitative estimate of drug-likeness (QED) is 0.429. The lowest BCUT2D eigenvalue weighted by Crippen LogP contribution is -2.25. The molecule has 0 saturated heterocycles. The van der Waals surface area contributed by atoms with E-state index in [2.05, 4.69) is 67.5 Å². The number of benzene rings is 2. The predicted molar refractivity (Wildman–Crippen MR) is 131 cm³/mol. The summed E-state index contributed by atoms with van der Waals surface area (Å²) in [5, 5.41) is 5.19. The largest absolute Gasteiger partial charge is 0.317 e. The zero-order chi connectivity index (χ0) is 21.5. The van der Waals surface area contributed by atoms with Crippen molar-refractivity contribution in [2.24, 2.45) is 0 Å². The molecule has 158 valence electrons. The van der Waals surface area contributed by atoms with Gasteiger partial charge < -0.3 is 10.2 Å². The van der Waals surface area contributed by atoms with Crippen LogP contribution in [0.15, 0.2) is 42.5 Å². The molecule has 0 fully saturated rings. The topological polar surface area (TPSA) is 45.2 Å². The van der Waals surface area contributed by atoms with Crippen molar-refractivity contribution in [3.05, 3.63) is 69.6 Å². The molecule has 1 aliphatic heterocycles. The lowest BCUT2D eigenvalue weighted by Gasteiger charge is -2.22. The maximum absolute atomic E-state index is 13.0. The molecule has 5 rings (SSSR count). The monoisotopic (exact) mass is 447 g/mol. The molecule has 1 N–H and O–H groups in total. The Morgan fingerprint density at radius 1 is 1.16 bits per heavy atom. The van der Waals surface area contributed by atoms with Crippen LogP contribution in [0.2, 0.25) is 0 Å². The summed E-state index contributed by atoms with van der Waals surface area (Å²) in [5.41, 5.74) is 6.91. The van der Waals surface area contributed by atoms with Crippen molar-refractivity contribution in [3.8, 4) is 10.6 Å². The van der Waals surface area contributed by atoms with Crippen molar-refractivity contribution in [1.82, 2.24) is 9.88 Å². The number of carbonyl (C=O) groups excluding carboxylic acids is 1. The van der Waals surface area contributed by atoms with Gasteiger partial charge in [-0.2, -0.15) is 0 Å². The normalized spacial score (nSPS) is 14.0. The Bertz CT molecular complexity index is 1250. The fraction of sp³-hybridized carbons (Fsp3) is 0.280. The minimum Gasteiger partial charge on any atom is -0.317 e. The van der Waals surface area contributed by atoms with E-state index < -0.39 is 0 Å². The summed E-state index contributed by atoms with van der Waals surface area (Å²) in [6.45, 7) is 6.08. The van der Waals surface area contributed by atoms with Crippen LogP contribution in [0.4, 0.5) is 5.00 Å². The molecule has 31 heavy (non-hydrogen) atoms. The summed E-state index contributed by atoms with van der Waals surface area (Å²) in [7, 11) is 2.15. The van der Waals surface area contributed by atoms with Gasteiger partial charge >= 0.3 is 0 Å². The summed E-state index contributed by atoms with van der Waals surface area (Å²) < 4.78 is 1.18. The average Bonchev–Trinajstić information content (AvgIpc) is 3.30. The third kappa shape index (κ3) is 4.03. The van der Waals surface area contributed by atoms with Gasteiger partial charge in [-0.1, -0.05) is 35.9 Å². The first kappa shape index (κ1) is 20.4. The minimum atomic E-state index is 0.0306. The Labute approximate surface area is 190 Å². The molecule has 2 aromatic heterocycles.